The van der Waals surface area contributed by atoms with Crippen LogP contribution in [0, 0.1) is 5.82 Å². The van der Waals surface area contributed by atoms with Crippen molar-refractivity contribution in [2.45, 2.75) is 31.7 Å². The molecule has 2 aromatic carbocycles. The van der Waals surface area contributed by atoms with E-state index in [1.54, 1.807) is 24.3 Å². The van der Waals surface area contributed by atoms with Crippen LogP contribution in [0.3, 0.4) is 0 Å². The summed E-state index contributed by atoms with van der Waals surface area (Å²) < 4.78 is 20.1. The first-order valence-electron chi connectivity index (χ1n) is 10.6. The molecule has 0 spiro atoms. The minimum Gasteiger partial charge on any atom is -0.508 e. The van der Waals surface area contributed by atoms with Gasteiger partial charge in [-0.2, -0.15) is 0 Å². The largest absolute Gasteiger partial charge is 0.508 e. The molecule has 1 fully saturated rings. The Hall–Kier alpha value is -2.86. The molecule has 0 aliphatic carbocycles. The Morgan fingerprint density at radius 2 is 2.00 bits per heavy atom. The van der Waals surface area contributed by atoms with Gasteiger partial charge in [-0.05, 0) is 68.2 Å². The molecule has 2 aliphatic rings. The zero-order valence-corrected chi connectivity index (χ0v) is 16.9. The summed E-state index contributed by atoms with van der Waals surface area (Å²) in [4.78, 5) is 14.2. The van der Waals surface area contributed by atoms with Gasteiger partial charge in [0.15, 0.2) is 5.76 Å². The molecule has 0 saturated carbocycles. The van der Waals surface area contributed by atoms with E-state index in [0.717, 1.165) is 32.3 Å². The summed E-state index contributed by atoms with van der Waals surface area (Å²) in [6, 6.07) is 10.5. The normalized spacial score (nSPS) is 19.2. The topological polar surface area (TPSA) is 61.8 Å². The monoisotopic (exact) mass is 410 g/mol. The minimum absolute atomic E-state index is 0.124. The molecule has 2 N–H and O–H groups in total. The summed E-state index contributed by atoms with van der Waals surface area (Å²) in [5.74, 6) is 0.304. The number of carbonyl (C=O) groups is 1. The number of aromatic hydroxyl groups is 1. The van der Waals surface area contributed by atoms with Gasteiger partial charge in [-0.3, -0.25) is 0 Å². The molecule has 2 aliphatic heterocycles. The van der Waals surface area contributed by atoms with Crippen LogP contribution in [0.15, 0.2) is 42.5 Å². The number of carbonyl (C=O) groups excluding carboxylic acids is 1. The van der Waals surface area contributed by atoms with Crippen LogP contribution in [0.5, 0.6) is 5.75 Å². The lowest BCUT2D eigenvalue weighted by atomic mass is 9.92. The summed E-state index contributed by atoms with van der Waals surface area (Å²) in [6.45, 7) is 3.78. The highest BCUT2D eigenvalue weighted by Crippen LogP contribution is 2.37. The molecule has 0 amide bonds. The molecule has 2 heterocycles. The first-order valence-corrected chi connectivity index (χ1v) is 10.6. The van der Waals surface area contributed by atoms with Crippen molar-refractivity contribution in [1.82, 2.24) is 10.2 Å². The SMILES string of the molecule is O=CC1NC(c2cccc(O)c2)=C(OCCCN2CCCCC2)c2ccc(F)cc21. The Morgan fingerprint density at radius 1 is 1.17 bits per heavy atom. The number of hydrogen-bond acceptors (Lipinski definition) is 5. The fraction of sp³-hybridized carbons (Fsp3) is 0.375. The second kappa shape index (κ2) is 9.30. The van der Waals surface area contributed by atoms with E-state index in [1.807, 2.05) is 6.07 Å². The van der Waals surface area contributed by atoms with Crippen LogP contribution in [0.25, 0.3) is 11.5 Å². The molecule has 1 unspecified atom stereocenters. The van der Waals surface area contributed by atoms with Crippen molar-refractivity contribution in [3.05, 3.63) is 65.0 Å². The number of phenolic OH excluding ortho intramolecular Hbond substituents is 1. The van der Waals surface area contributed by atoms with Crippen LogP contribution in [0.1, 0.15) is 48.4 Å². The lowest BCUT2D eigenvalue weighted by Gasteiger charge is -2.30. The number of hydrogen-bond donors (Lipinski definition) is 2. The summed E-state index contributed by atoms with van der Waals surface area (Å²) in [6.07, 6.45) is 5.45. The van der Waals surface area contributed by atoms with Gasteiger partial charge in [0, 0.05) is 17.7 Å². The molecular formula is C24H27FN2O3. The number of nitrogens with one attached hydrogen (secondary N) is 1. The zero-order chi connectivity index (χ0) is 20.9. The second-order valence-corrected chi connectivity index (χ2v) is 7.85. The van der Waals surface area contributed by atoms with Gasteiger partial charge in [0.25, 0.3) is 0 Å². The average molecular weight is 410 g/mol. The molecule has 4 rings (SSSR count). The highest BCUT2D eigenvalue weighted by Gasteiger charge is 2.28. The molecule has 30 heavy (non-hydrogen) atoms. The predicted molar refractivity (Wildman–Crippen MR) is 114 cm³/mol. The molecule has 5 nitrogen and oxygen atoms in total. The lowest BCUT2D eigenvalue weighted by molar-refractivity contribution is -0.109. The third-order valence-corrected chi connectivity index (χ3v) is 5.70. The van der Waals surface area contributed by atoms with Crippen molar-refractivity contribution in [2.75, 3.05) is 26.2 Å². The third-order valence-electron chi connectivity index (χ3n) is 5.70. The summed E-state index contributed by atoms with van der Waals surface area (Å²) >= 11 is 0. The number of rotatable bonds is 7. The first kappa shape index (κ1) is 20.4. The van der Waals surface area contributed by atoms with Crippen LogP contribution in [-0.4, -0.2) is 42.5 Å². The highest BCUT2D eigenvalue weighted by atomic mass is 19.1. The van der Waals surface area contributed by atoms with Crippen molar-refractivity contribution >= 4 is 17.7 Å². The minimum atomic E-state index is -0.686. The molecular weight excluding hydrogens is 383 g/mol. The van der Waals surface area contributed by atoms with Gasteiger partial charge in [-0.25, -0.2) is 4.39 Å². The van der Waals surface area contributed by atoms with Gasteiger partial charge >= 0.3 is 0 Å². The van der Waals surface area contributed by atoms with Crippen LogP contribution in [-0.2, 0) is 9.53 Å². The smallest absolute Gasteiger partial charge is 0.150 e. The number of fused-ring (bicyclic) bond motifs is 1. The Bertz CT molecular complexity index is 938. The molecule has 0 aromatic heterocycles. The summed E-state index contributed by atoms with van der Waals surface area (Å²) in [5, 5.41) is 13.1. The Balaban J connectivity index is 1.61. The van der Waals surface area contributed by atoms with Gasteiger partial charge in [-0.1, -0.05) is 18.6 Å². The van der Waals surface area contributed by atoms with Crippen LogP contribution in [0.2, 0.25) is 0 Å². The third kappa shape index (κ3) is 4.49. The van der Waals surface area contributed by atoms with Gasteiger partial charge in [0.2, 0.25) is 0 Å². The maximum atomic E-state index is 13.9. The van der Waals surface area contributed by atoms with E-state index in [2.05, 4.69) is 10.2 Å². The standard InChI is InChI=1S/C24H27FN2O3/c25-18-8-9-20-21(15-18)22(16-28)26-23(17-6-4-7-19(29)14-17)24(20)30-13-5-12-27-10-2-1-3-11-27/h4,6-9,14-16,22,26,29H,1-3,5,10-13H2. The molecule has 1 atom stereocenters. The van der Waals surface area contributed by atoms with E-state index >= 15 is 0 Å². The van der Waals surface area contributed by atoms with Crippen molar-refractivity contribution in [2.24, 2.45) is 0 Å². The number of nitrogens with zero attached hydrogens (tertiary/aromatic N) is 1. The Kier molecular flexibility index (Phi) is 6.33. The summed E-state index contributed by atoms with van der Waals surface area (Å²) in [5.41, 5.74) is 2.59. The highest BCUT2D eigenvalue weighted by molar-refractivity contribution is 5.92. The number of halogens is 1. The zero-order valence-electron chi connectivity index (χ0n) is 16.9. The number of phenols is 1. The molecule has 158 valence electrons. The predicted octanol–water partition coefficient (Wildman–Crippen LogP) is 4.09. The number of piperidine rings is 1. The van der Waals surface area contributed by atoms with E-state index in [0.29, 0.717) is 34.8 Å². The number of benzene rings is 2. The quantitative estimate of drug-likeness (QED) is 0.532. The maximum Gasteiger partial charge on any atom is 0.150 e. The Morgan fingerprint density at radius 3 is 2.77 bits per heavy atom. The van der Waals surface area contributed by atoms with Crippen molar-refractivity contribution in [3.8, 4) is 5.75 Å². The molecule has 0 bridgehead atoms. The van der Waals surface area contributed by atoms with E-state index in [9.17, 15) is 14.3 Å². The van der Waals surface area contributed by atoms with Crippen molar-refractivity contribution in [1.29, 1.82) is 0 Å². The second-order valence-electron chi connectivity index (χ2n) is 7.85. The average Bonchev–Trinajstić information content (AvgIpc) is 2.77. The van der Waals surface area contributed by atoms with Crippen LogP contribution in [0.4, 0.5) is 4.39 Å². The fourth-order valence-electron chi connectivity index (χ4n) is 4.21. The number of ether oxygens (including phenoxy) is 1. The van der Waals surface area contributed by atoms with Gasteiger partial charge in [0.1, 0.15) is 23.9 Å². The maximum absolute atomic E-state index is 13.9. The molecule has 6 heteroatoms. The molecule has 0 radical (unpaired) electrons. The van der Waals surface area contributed by atoms with E-state index in [4.69, 9.17) is 4.74 Å². The van der Waals surface area contributed by atoms with E-state index < -0.39 is 11.9 Å². The Labute approximate surface area is 176 Å². The van der Waals surface area contributed by atoms with Crippen molar-refractivity contribution in [3.63, 3.8) is 0 Å². The first-order chi connectivity index (χ1) is 14.7. The number of likely N-dealkylation sites (tertiary alicyclic amines) is 1. The van der Waals surface area contributed by atoms with Crippen LogP contribution < -0.4 is 5.32 Å². The van der Waals surface area contributed by atoms with Gasteiger partial charge < -0.3 is 24.9 Å². The number of aldehydes is 1. The molecule has 2 aromatic rings. The van der Waals surface area contributed by atoms with E-state index in [1.165, 1.54) is 31.4 Å². The summed E-state index contributed by atoms with van der Waals surface area (Å²) in [7, 11) is 0. The molecule has 1 saturated heterocycles. The van der Waals surface area contributed by atoms with Gasteiger partial charge in [-0.15, -0.1) is 0 Å². The van der Waals surface area contributed by atoms with Crippen molar-refractivity contribution < 1.29 is 19.0 Å². The lowest BCUT2D eigenvalue weighted by Crippen LogP contribution is -2.31. The van der Waals surface area contributed by atoms with E-state index in [-0.39, 0.29) is 5.75 Å². The van der Waals surface area contributed by atoms with Crippen LogP contribution >= 0.6 is 0 Å². The van der Waals surface area contributed by atoms with Gasteiger partial charge in [0.05, 0.1) is 12.3 Å². The fourth-order valence-corrected chi connectivity index (χ4v) is 4.21.